The molecule has 8 nitrogen and oxygen atoms in total. The molecule has 0 radical (unpaired) electrons. The molecule has 0 aliphatic rings. The maximum absolute atomic E-state index is 11.4. The number of rotatable bonds is 6. The van der Waals surface area contributed by atoms with Crippen molar-refractivity contribution >= 4 is 11.5 Å². The molecule has 18 heavy (non-hydrogen) atoms. The molecule has 0 fully saturated rings. The van der Waals surface area contributed by atoms with Gasteiger partial charge in [-0.15, -0.1) is 0 Å². The summed E-state index contributed by atoms with van der Waals surface area (Å²) < 4.78 is 6.51. The highest BCUT2D eigenvalue weighted by Crippen LogP contribution is 2.07. The zero-order valence-electron chi connectivity index (χ0n) is 10.0. The number of aromatic nitrogens is 4. The van der Waals surface area contributed by atoms with Crippen LogP contribution in [0.5, 0.6) is 0 Å². The number of nitrogens with one attached hydrogen (secondary N) is 2. The van der Waals surface area contributed by atoms with E-state index in [0.29, 0.717) is 37.0 Å². The third-order valence-corrected chi connectivity index (χ3v) is 2.36. The van der Waals surface area contributed by atoms with Gasteiger partial charge in [0.25, 0.3) is 0 Å². The van der Waals surface area contributed by atoms with Gasteiger partial charge in [0.05, 0.1) is 19.8 Å². The van der Waals surface area contributed by atoms with E-state index in [4.69, 9.17) is 9.84 Å². The summed E-state index contributed by atoms with van der Waals surface area (Å²) in [4.78, 5) is 15.6. The minimum absolute atomic E-state index is 0.0134. The molecule has 2 aromatic rings. The van der Waals surface area contributed by atoms with E-state index in [1.54, 1.807) is 13.0 Å². The molecule has 0 unspecified atom stereocenters. The van der Waals surface area contributed by atoms with Crippen LogP contribution in [0.15, 0.2) is 10.9 Å². The molecular weight excluding hydrogens is 238 g/mol. The highest BCUT2D eigenvalue weighted by atomic mass is 16.5. The van der Waals surface area contributed by atoms with E-state index in [1.165, 1.54) is 4.40 Å². The topological polar surface area (TPSA) is 105 Å². The van der Waals surface area contributed by atoms with Crippen molar-refractivity contribution in [1.29, 1.82) is 0 Å². The summed E-state index contributed by atoms with van der Waals surface area (Å²) in [5, 5.41) is 17.8. The first kappa shape index (κ1) is 12.5. The van der Waals surface area contributed by atoms with Gasteiger partial charge in [0.15, 0.2) is 5.65 Å². The van der Waals surface area contributed by atoms with Gasteiger partial charge in [-0.05, 0) is 6.92 Å². The lowest BCUT2D eigenvalue weighted by Gasteiger charge is -2.07. The van der Waals surface area contributed by atoms with E-state index in [-0.39, 0.29) is 12.3 Å². The number of aliphatic hydroxyl groups excluding tert-OH is 1. The Hall–Kier alpha value is -1.93. The van der Waals surface area contributed by atoms with Crippen molar-refractivity contribution in [3.8, 4) is 0 Å². The first-order valence-electron chi connectivity index (χ1n) is 5.59. The maximum Gasteiger partial charge on any atom is 0.349 e. The SMILES string of the molecule is Cc1nc(NCCOCCO)cc2n[nH]c(=O)n12. The summed E-state index contributed by atoms with van der Waals surface area (Å²) in [6.45, 7) is 3.11. The predicted octanol–water partition coefficient (Wildman–Crippen LogP) is -0.853. The molecule has 0 aliphatic heterocycles. The first-order valence-corrected chi connectivity index (χ1v) is 5.59. The summed E-state index contributed by atoms with van der Waals surface area (Å²) in [5.74, 6) is 1.19. The molecule has 8 heteroatoms. The van der Waals surface area contributed by atoms with Crippen molar-refractivity contribution in [1.82, 2.24) is 19.6 Å². The van der Waals surface area contributed by atoms with Crippen LogP contribution in [0.25, 0.3) is 5.65 Å². The second kappa shape index (κ2) is 5.61. The van der Waals surface area contributed by atoms with Crippen LogP contribution in [-0.4, -0.2) is 51.1 Å². The molecule has 0 atom stereocenters. The Morgan fingerprint density at radius 2 is 2.39 bits per heavy atom. The molecule has 0 aliphatic carbocycles. The third kappa shape index (κ3) is 2.66. The van der Waals surface area contributed by atoms with Crippen molar-refractivity contribution in [2.45, 2.75) is 6.92 Å². The minimum atomic E-state index is -0.298. The average molecular weight is 253 g/mol. The lowest BCUT2D eigenvalue weighted by molar-refractivity contribution is 0.0992. The third-order valence-electron chi connectivity index (χ3n) is 2.36. The van der Waals surface area contributed by atoms with Crippen LogP contribution in [0.2, 0.25) is 0 Å². The molecule has 98 valence electrons. The van der Waals surface area contributed by atoms with Crippen LogP contribution in [0.1, 0.15) is 5.82 Å². The number of anilines is 1. The van der Waals surface area contributed by atoms with Gasteiger partial charge in [0.1, 0.15) is 11.6 Å². The average Bonchev–Trinajstić information content (AvgIpc) is 2.71. The summed E-state index contributed by atoms with van der Waals surface area (Å²) in [5.41, 5.74) is 0.221. The Balaban J connectivity index is 2.03. The van der Waals surface area contributed by atoms with Gasteiger partial charge in [-0.1, -0.05) is 0 Å². The summed E-state index contributed by atoms with van der Waals surface area (Å²) in [6, 6.07) is 1.68. The van der Waals surface area contributed by atoms with Gasteiger partial charge in [-0.3, -0.25) is 0 Å². The lowest BCUT2D eigenvalue weighted by atomic mass is 10.5. The van der Waals surface area contributed by atoms with Gasteiger partial charge in [-0.2, -0.15) is 5.10 Å². The van der Waals surface area contributed by atoms with Crippen LogP contribution in [-0.2, 0) is 4.74 Å². The number of aliphatic hydroxyl groups is 1. The molecule has 0 spiro atoms. The molecule has 0 amide bonds. The predicted molar refractivity (Wildman–Crippen MR) is 64.7 cm³/mol. The first-order chi connectivity index (χ1) is 8.72. The van der Waals surface area contributed by atoms with Crippen LogP contribution in [0.3, 0.4) is 0 Å². The number of H-pyrrole nitrogens is 1. The molecular formula is C10H15N5O3. The Bertz CT molecular complexity index is 576. The molecule has 3 N–H and O–H groups in total. The van der Waals surface area contributed by atoms with Crippen LogP contribution in [0, 0.1) is 6.92 Å². The summed E-state index contributed by atoms with van der Waals surface area (Å²) in [6.07, 6.45) is 0. The maximum atomic E-state index is 11.4. The Kier molecular flexibility index (Phi) is 3.90. The molecule has 2 heterocycles. The molecule has 2 rings (SSSR count). The highest BCUT2D eigenvalue weighted by Gasteiger charge is 2.06. The fraction of sp³-hybridized carbons (Fsp3) is 0.500. The summed E-state index contributed by atoms with van der Waals surface area (Å²) in [7, 11) is 0. The van der Waals surface area contributed by atoms with E-state index < -0.39 is 0 Å². The molecule has 0 saturated heterocycles. The number of aromatic amines is 1. The highest BCUT2D eigenvalue weighted by molar-refractivity contribution is 5.49. The van der Waals surface area contributed by atoms with Gasteiger partial charge in [0.2, 0.25) is 0 Å². The number of aryl methyl sites for hydroxylation is 1. The number of nitrogens with zero attached hydrogens (tertiary/aromatic N) is 3. The Morgan fingerprint density at radius 1 is 1.56 bits per heavy atom. The van der Waals surface area contributed by atoms with Crippen molar-refractivity contribution in [3.05, 3.63) is 22.4 Å². The van der Waals surface area contributed by atoms with Gasteiger partial charge in [-0.25, -0.2) is 19.3 Å². The lowest BCUT2D eigenvalue weighted by Crippen LogP contribution is -2.16. The monoisotopic (exact) mass is 253 g/mol. The Labute approximate surface area is 103 Å². The summed E-state index contributed by atoms with van der Waals surface area (Å²) >= 11 is 0. The van der Waals surface area contributed by atoms with Crippen molar-refractivity contribution in [2.24, 2.45) is 0 Å². The fourth-order valence-electron chi connectivity index (χ4n) is 1.61. The molecule has 0 bridgehead atoms. The quantitative estimate of drug-likeness (QED) is 0.579. The van der Waals surface area contributed by atoms with Crippen molar-refractivity contribution < 1.29 is 9.84 Å². The largest absolute Gasteiger partial charge is 0.394 e. The normalized spacial score (nSPS) is 11.0. The van der Waals surface area contributed by atoms with E-state index in [0.717, 1.165) is 0 Å². The smallest absolute Gasteiger partial charge is 0.349 e. The van der Waals surface area contributed by atoms with E-state index in [9.17, 15) is 4.79 Å². The zero-order valence-corrected chi connectivity index (χ0v) is 10.0. The molecule has 0 aromatic carbocycles. The van der Waals surface area contributed by atoms with Crippen LogP contribution >= 0.6 is 0 Å². The van der Waals surface area contributed by atoms with E-state index in [1.807, 2.05) is 0 Å². The molecule has 0 saturated carbocycles. The number of ether oxygens (including phenoxy) is 1. The van der Waals surface area contributed by atoms with Crippen molar-refractivity contribution in [2.75, 3.05) is 31.7 Å². The number of hydrogen-bond donors (Lipinski definition) is 3. The second-order valence-electron chi connectivity index (χ2n) is 3.67. The van der Waals surface area contributed by atoms with Gasteiger partial charge in [0, 0.05) is 12.6 Å². The second-order valence-corrected chi connectivity index (χ2v) is 3.67. The fourth-order valence-corrected chi connectivity index (χ4v) is 1.61. The minimum Gasteiger partial charge on any atom is -0.394 e. The van der Waals surface area contributed by atoms with Gasteiger partial charge >= 0.3 is 5.69 Å². The zero-order chi connectivity index (χ0) is 13.0. The Morgan fingerprint density at radius 3 is 3.17 bits per heavy atom. The van der Waals surface area contributed by atoms with Crippen molar-refractivity contribution in [3.63, 3.8) is 0 Å². The number of hydrogen-bond acceptors (Lipinski definition) is 6. The van der Waals surface area contributed by atoms with Crippen LogP contribution in [0.4, 0.5) is 5.82 Å². The number of fused-ring (bicyclic) bond motifs is 1. The molecule has 2 aromatic heterocycles. The van der Waals surface area contributed by atoms with E-state index >= 15 is 0 Å². The van der Waals surface area contributed by atoms with E-state index in [2.05, 4.69) is 20.5 Å². The standard InChI is InChI=1S/C10H15N5O3/c1-7-12-8(11-2-4-18-5-3-16)6-9-13-14-10(17)15(7)9/h6,11,16H,2-5H2,1H3,(H,14,17). The van der Waals surface area contributed by atoms with Crippen LogP contribution < -0.4 is 11.0 Å². The van der Waals surface area contributed by atoms with Gasteiger partial charge < -0.3 is 15.2 Å².